The van der Waals surface area contributed by atoms with Gasteiger partial charge < -0.3 is 14.6 Å². The van der Waals surface area contributed by atoms with Crippen molar-refractivity contribution in [3.8, 4) is 0 Å². The Bertz CT molecular complexity index is 511. The lowest BCUT2D eigenvalue weighted by atomic mass is 9.80. The molecule has 0 aromatic carbocycles. The maximum atomic E-state index is 12.1. The van der Waals surface area contributed by atoms with E-state index in [1.54, 1.807) is 0 Å². The van der Waals surface area contributed by atoms with Crippen LogP contribution < -0.4 is 5.32 Å². The SMILES string of the molecule is CC(C)(C)C1CC(=O)N(Cc2ccc(CNC3CC3)o2)C1. The van der Waals surface area contributed by atoms with Crippen LogP contribution in [0.25, 0.3) is 0 Å². The summed E-state index contributed by atoms with van der Waals surface area (Å²) in [5, 5.41) is 3.44. The summed E-state index contributed by atoms with van der Waals surface area (Å²) in [6.07, 6.45) is 3.23. The lowest BCUT2D eigenvalue weighted by Crippen LogP contribution is -2.27. The maximum Gasteiger partial charge on any atom is 0.223 e. The van der Waals surface area contributed by atoms with Crippen LogP contribution in [0.4, 0.5) is 0 Å². The van der Waals surface area contributed by atoms with Crippen LogP contribution in [0, 0.1) is 11.3 Å². The number of hydrogen-bond donors (Lipinski definition) is 1. The Morgan fingerprint density at radius 1 is 1.29 bits per heavy atom. The number of furan rings is 1. The Morgan fingerprint density at radius 3 is 2.62 bits per heavy atom. The molecule has 1 aromatic rings. The molecule has 0 bridgehead atoms. The number of hydrogen-bond acceptors (Lipinski definition) is 3. The quantitative estimate of drug-likeness (QED) is 0.907. The second-order valence-electron chi connectivity index (χ2n) is 7.56. The van der Waals surface area contributed by atoms with Gasteiger partial charge in [0.05, 0.1) is 13.1 Å². The Balaban J connectivity index is 1.55. The van der Waals surface area contributed by atoms with E-state index in [4.69, 9.17) is 4.42 Å². The van der Waals surface area contributed by atoms with Crippen molar-refractivity contribution in [2.45, 2.75) is 59.2 Å². The van der Waals surface area contributed by atoms with Gasteiger partial charge >= 0.3 is 0 Å². The number of rotatable bonds is 5. The van der Waals surface area contributed by atoms with E-state index in [-0.39, 0.29) is 11.3 Å². The van der Waals surface area contributed by atoms with Gasteiger partial charge in [-0.15, -0.1) is 0 Å². The molecule has 4 heteroatoms. The standard InChI is InChI=1S/C17H26N2O2/c1-17(2,3)12-8-16(20)19(10-12)11-15-7-6-14(21-15)9-18-13-4-5-13/h6-7,12-13,18H,4-5,8-11H2,1-3H3. The van der Waals surface area contributed by atoms with Crippen LogP contribution in [0.15, 0.2) is 16.5 Å². The first-order valence-electron chi connectivity index (χ1n) is 8.00. The van der Waals surface area contributed by atoms with Gasteiger partial charge in [-0.25, -0.2) is 0 Å². The highest BCUT2D eigenvalue weighted by Crippen LogP contribution is 2.34. The number of likely N-dealkylation sites (tertiary alicyclic amines) is 1. The predicted octanol–water partition coefficient (Wildman–Crippen LogP) is 2.93. The van der Waals surface area contributed by atoms with Crippen molar-refractivity contribution in [3.63, 3.8) is 0 Å². The Labute approximate surface area is 126 Å². The molecule has 0 radical (unpaired) electrons. The molecule has 0 spiro atoms. The van der Waals surface area contributed by atoms with E-state index >= 15 is 0 Å². The molecule has 1 saturated carbocycles. The summed E-state index contributed by atoms with van der Waals surface area (Å²) in [6.45, 7) is 8.88. The van der Waals surface area contributed by atoms with Gasteiger partial charge in [-0.2, -0.15) is 0 Å². The molecule has 1 saturated heterocycles. The lowest BCUT2D eigenvalue weighted by molar-refractivity contribution is -0.128. The monoisotopic (exact) mass is 290 g/mol. The number of nitrogens with zero attached hydrogens (tertiary/aromatic N) is 1. The summed E-state index contributed by atoms with van der Waals surface area (Å²) in [5.41, 5.74) is 0.187. The van der Waals surface area contributed by atoms with E-state index in [0.29, 0.717) is 24.9 Å². The van der Waals surface area contributed by atoms with Crippen molar-refractivity contribution in [2.75, 3.05) is 6.54 Å². The lowest BCUT2D eigenvalue weighted by Gasteiger charge is -2.26. The molecule has 1 aliphatic heterocycles. The molecule has 3 rings (SSSR count). The first-order chi connectivity index (χ1) is 9.91. The second-order valence-corrected chi connectivity index (χ2v) is 7.56. The molecule has 1 aliphatic carbocycles. The molecular formula is C17H26N2O2. The highest BCUT2D eigenvalue weighted by atomic mass is 16.3. The van der Waals surface area contributed by atoms with Gasteiger partial charge in [0, 0.05) is 19.0 Å². The van der Waals surface area contributed by atoms with Gasteiger partial charge in [-0.05, 0) is 36.3 Å². The van der Waals surface area contributed by atoms with E-state index in [1.165, 1.54) is 12.8 Å². The van der Waals surface area contributed by atoms with Crippen molar-refractivity contribution in [1.82, 2.24) is 10.2 Å². The second kappa shape index (κ2) is 5.48. The van der Waals surface area contributed by atoms with Gasteiger partial charge in [-0.3, -0.25) is 4.79 Å². The first-order valence-corrected chi connectivity index (χ1v) is 8.00. The predicted molar refractivity (Wildman–Crippen MR) is 81.5 cm³/mol. The van der Waals surface area contributed by atoms with Crippen molar-refractivity contribution in [2.24, 2.45) is 11.3 Å². The molecule has 1 atom stereocenters. The third-order valence-corrected chi connectivity index (χ3v) is 4.65. The molecule has 1 amide bonds. The van der Waals surface area contributed by atoms with E-state index in [0.717, 1.165) is 24.6 Å². The smallest absolute Gasteiger partial charge is 0.223 e. The van der Waals surface area contributed by atoms with Crippen LogP contribution in [0.2, 0.25) is 0 Å². The van der Waals surface area contributed by atoms with Gasteiger partial charge in [0.1, 0.15) is 11.5 Å². The number of amides is 1. The fourth-order valence-corrected chi connectivity index (χ4v) is 2.83. The van der Waals surface area contributed by atoms with Crippen LogP contribution in [0.1, 0.15) is 51.6 Å². The number of nitrogens with one attached hydrogen (secondary N) is 1. The minimum Gasteiger partial charge on any atom is -0.463 e. The Kier molecular flexibility index (Phi) is 3.82. The average molecular weight is 290 g/mol. The van der Waals surface area contributed by atoms with Gasteiger partial charge in [0.2, 0.25) is 5.91 Å². The van der Waals surface area contributed by atoms with Crippen LogP contribution >= 0.6 is 0 Å². The zero-order chi connectivity index (χ0) is 15.0. The number of carbonyl (C=O) groups is 1. The van der Waals surface area contributed by atoms with E-state index in [1.807, 2.05) is 17.0 Å². The fraction of sp³-hybridized carbons (Fsp3) is 0.706. The van der Waals surface area contributed by atoms with Crippen molar-refractivity contribution < 1.29 is 9.21 Å². The molecule has 2 aliphatic rings. The third kappa shape index (κ3) is 3.67. The minimum atomic E-state index is 0.187. The maximum absolute atomic E-state index is 12.1. The Hall–Kier alpha value is -1.29. The van der Waals surface area contributed by atoms with Gasteiger partial charge in [-0.1, -0.05) is 20.8 Å². The van der Waals surface area contributed by atoms with E-state index < -0.39 is 0 Å². The average Bonchev–Trinajstić information content (AvgIpc) is 3.01. The van der Waals surface area contributed by atoms with E-state index in [9.17, 15) is 4.79 Å². The fourth-order valence-electron chi connectivity index (χ4n) is 2.83. The highest BCUT2D eigenvalue weighted by molar-refractivity contribution is 5.78. The van der Waals surface area contributed by atoms with Crippen LogP contribution in [0.5, 0.6) is 0 Å². The molecule has 4 nitrogen and oxygen atoms in total. The summed E-state index contributed by atoms with van der Waals surface area (Å²) < 4.78 is 5.84. The molecule has 1 aromatic heterocycles. The van der Waals surface area contributed by atoms with E-state index in [2.05, 4.69) is 26.1 Å². The van der Waals surface area contributed by atoms with Crippen molar-refractivity contribution >= 4 is 5.91 Å². The molecule has 1 N–H and O–H groups in total. The first kappa shape index (κ1) is 14.6. The molecular weight excluding hydrogens is 264 g/mol. The summed E-state index contributed by atoms with van der Waals surface area (Å²) in [7, 11) is 0. The molecule has 2 fully saturated rings. The Morgan fingerprint density at radius 2 is 2.00 bits per heavy atom. The van der Waals surface area contributed by atoms with Crippen molar-refractivity contribution in [1.29, 1.82) is 0 Å². The molecule has 2 heterocycles. The summed E-state index contributed by atoms with van der Waals surface area (Å²) in [4.78, 5) is 14.1. The summed E-state index contributed by atoms with van der Waals surface area (Å²) in [5.74, 6) is 2.56. The van der Waals surface area contributed by atoms with Crippen LogP contribution in [-0.2, 0) is 17.9 Å². The zero-order valence-electron chi connectivity index (χ0n) is 13.3. The van der Waals surface area contributed by atoms with Gasteiger partial charge in [0.25, 0.3) is 0 Å². The van der Waals surface area contributed by atoms with Crippen LogP contribution in [-0.4, -0.2) is 23.4 Å². The highest BCUT2D eigenvalue weighted by Gasteiger charge is 2.36. The summed E-state index contributed by atoms with van der Waals surface area (Å²) in [6, 6.07) is 4.71. The van der Waals surface area contributed by atoms with Crippen LogP contribution in [0.3, 0.4) is 0 Å². The third-order valence-electron chi connectivity index (χ3n) is 4.65. The molecule has 1 unspecified atom stereocenters. The summed E-state index contributed by atoms with van der Waals surface area (Å²) >= 11 is 0. The zero-order valence-corrected chi connectivity index (χ0v) is 13.3. The largest absolute Gasteiger partial charge is 0.463 e. The van der Waals surface area contributed by atoms with Crippen molar-refractivity contribution in [3.05, 3.63) is 23.7 Å². The number of carbonyl (C=O) groups excluding carboxylic acids is 1. The topological polar surface area (TPSA) is 45.5 Å². The van der Waals surface area contributed by atoms with Gasteiger partial charge in [0.15, 0.2) is 0 Å². The normalized spacial score (nSPS) is 23.1. The minimum absolute atomic E-state index is 0.187. The molecule has 21 heavy (non-hydrogen) atoms. The molecule has 116 valence electrons.